The lowest BCUT2D eigenvalue weighted by molar-refractivity contribution is -0.147. The number of nitrogens with one attached hydrogen (secondary N) is 2. The monoisotopic (exact) mass is 689 g/mol. The van der Waals surface area contributed by atoms with Crippen LogP contribution in [0.5, 0.6) is 5.75 Å². The third-order valence-electron chi connectivity index (χ3n) is 7.92. The Labute approximate surface area is 279 Å². The van der Waals surface area contributed by atoms with Gasteiger partial charge in [0.2, 0.25) is 5.82 Å². The fourth-order valence-corrected chi connectivity index (χ4v) is 6.95. The summed E-state index contributed by atoms with van der Waals surface area (Å²) in [7, 11) is -4.50. The van der Waals surface area contributed by atoms with Crippen molar-refractivity contribution in [2.24, 2.45) is 0 Å². The van der Waals surface area contributed by atoms with Crippen LogP contribution >= 0.6 is 7.75 Å². The van der Waals surface area contributed by atoms with Crippen LogP contribution < -0.4 is 20.9 Å². The summed E-state index contributed by atoms with van der Waals surface area (Å²) in [6.07, 6.45) is -2.97. The van der Waals surface area contributed by atoms with E-state index in [4.69, 9.17) is 18.5 Å². The molecule has 1 aliphatic heterocycles. The van der Waals surface area contributed by atoms with Crippen LogP contribution in [0.1, 0.15) is 23.8 Å². The van der Waals surface area contributed by atoms with E-state index in [0.717, 1.165) is 21.1 Å². The van der Waals surface area contributed by atoms with Crippen LogP contribution in [-0.4, -0.2) is 45.5 Å². The molecule has 4 aromatic carbocycles. The molecule has 0 radical (unpaired) electrons. The molecule has 6 rings (SSSR count). The van der Waals surface area contributed by atoms with Gasteiger partial charge >= 0.3 is 19.4 Å². The van der Waals surface area contributed by atoms with Crippen LogP contribution in [0.4, 0.5) is 4.39 Å². The number of carbonyl (C=O) groups excluding carboxylic acids is 1. The third-order valence-corrected chi connectivity index (χ3v) is 9.47. The van der Waals surface area contributed by atoms with E-state index in [9.17, 15) is 28.4 Å². The largest absolute Gasteiger partial charge is 0.460 e. The molecule has 1 fully saturated rings. The number of carbonyl (C=O) groups is 1. The van der Waals surface area contributed by atoms with Crippen molar-refractivity contribution in [1.82, 2.24) is 14.6 Å². The summed E-state index contributed by atoms with van der Waals surface area (Å²) >= 11 is 0. The van der Waals surface area contributed by atoms with Crippen molar-refractivity contribution in [2.45, 2.75) is 43.9 Å². The predicted octanol–water partition coefficient (Wildman–Crippen LogP) is 4.63. The van der Waals surface area contributed by atoms with Gasteiger partial charge in [0, 0.05) is 11.8 Å². The average molecular weight is 690 g/mol. The maximum absolute atomic E-state index is 14.7. The van der Waals surface area contributed by atoms with E-state index < -0.39 is 61.9 Å². The van der Waals surface area contributed by atoms with Gasteiger partial charge in [0.05, 0.1) is 18.9 Å². The first kappa shape index (κ1) is 34.0. The van der Waals surface area contributed by atoms with E-state index in [1.165, 1.54) is 0 Å². The van der Waals surface area contributed by atoms with E-state index >= 15 is 0 Å². The molecule has 3 N–H and O–H groups in total. The Morgan fingerprint density at radius 3 is 2.41 bits per heavy atom. The molecule has 1 aromatic heterocycles. The van der Waals surface area contributed by atoms with Gasteiger partial charge in [0.15, 0.2) is 0 Å². The number of halogens is 1. The maximum atomic E-state index is 14.7. The quantitative estimate of drug-likeness (QED) is 0.118. The molecule has 12 nitrogen and oxygen atoms in total. The van der Waals surface area contributed by atoms with Gasteiger partial charge in [-0.1, -0.05) is 97.1 Å². The van der Waals surface area contributed by atoms with Gasteiger partial charge in [-0.3, -0.25) is 23.7 Å². The highest BCUT2D eigenvalue weighted by Crippen LogP contribution is 2.48. The fraction of sp³-hybridized carbons (Fsp3) is 0.229. The Bertz CT molecular complexity index is 2070. The Kier molecular flexibility index (Phi) is 10.5. The second-order valence-corrected chi connectivity index (χ2v) is 13.1. The summed E-state index contributed by atoms with van der Waals surface area (Å²) in [6, 6.07) is 29.4. The van der Waals surface area contributed by atoms with Gasteiger partial charge in [-0.15, -0.1) is 0 Å². The zero-order chi connectivity index (χ0) is 34.4. The zero-order valence-corrected chi connectivity index (χ0v) is 26.9. The van der Waals surface area contributed by atoms with Crippen molar-refractivity contribution in [3.8, 4) is 5.75 Å². The summed E-state index contributed by atoms with van der Waals surface area (Å²) in [5, 5.41) is 15.0. The minimum absolute atomic E-state index is 0.0316. The SMILES string of the molecule is O=C(OCc1ccccc1)[C@H](Cc1ccccc1)NP(=O)(OCC1O[C@@H](n2cc(F)c(=O)[nH]c2=O)C[C@H]1O)Oc1cccc2ccccc12. The molecule has 0 bridgehead atoms. The molecular formula is C35H33FN3O9P. The van der Waals surface area contributed by atoms with Gasteiger partial charge in [-0.2, -0.15) is 9.48 Å². The van der Waals surface area contributed by atoms with Crippen molar-refractivity contribution < 1.29 is 37.4 Å². The van der Waals surface area contributed by atoms with Gasteiger partial charge < -0.3 is 19.1 Å². The number of aliphatic hydroxyl groups is 1. The normalized spacial score (nSPS) is 19.3. The van der Waals surface area contributed by atoms with Crippen molar-refractivity contribution in [1.29, 1.82) is 0 Å². The van der Waals surface area contributed by atoms with E-state index in [2.05, 4.69) is 5.09 Å². The van der Waals surface area contributed by atoms with Crippen LogP contribution in [-0.2, 0) is 36.4 Å². The van der Waals surface area contributed by atoms with E-state index in [1.807, 2.05) is 47.4 Å². The second kappa shape index (κ2) is 15.1. The van der Waals surface area contributed by atoms with Crippen molar-refractivity contribution in [3.63, 3.8) is 0 Å². The summed E-state index contributed by atoms with van der Waals surface area (Å²) in [4.78, 5) is 39.3. The molecule has 5 atom stereocenters. The Hall–Kier alpha value is -4.91. The van der Waals surface area contributed by atoms with E-state index in [-0.39, 0.29) is 25.2 Å². The summed E-state index contributed by atoms with van der Waals surface area (Å²) in [6.45, 7) is -0.555. The van der Waals surface area contributed by atoms with Crippen molar-refractivity contribution in [3.05, 3.63) is 147 Å². The maximum Gasteiger partial charge on any atom is 0.459 e. The van der Waals surface area contributed by atoms with Gasteiger partial charge in [0.25, 0.3) is 5.56 Å². The highest BCUT2D eigenvalue weighted by molar-refractivity contribution is 7.52. The van der Waals surface area contributed by atoms with Crippen LogP contribution in [0.15, 0.2) is 119 Å². The topological polar surface area (TPSA) is 158 Å². The molecular weight excluding hydrogens is 656 g/mol. The highest BCUT2D eigenvalue weighted by atomic mass is 31.2. The molecule has 2 heterocycles. The Balaban J connectivity index is 1.27. The van der Waals surface area contributed by atoms with Crippen LogP contribution in [0.2, 0.25) is 0 Å². The number of hydrogen-bond donors (Lipinski definition) is 3. The standard InChI is InChI=1S/C35H33FN3O9P/c36-27-20-39(35(43)37-33(27)41)32-19-29(40)31(47-32)22-46-49(44,48-30-17-9-15-25-14-7-8-16-26(25)30)38-28(18-23-10-3-1-4-11-23)34(42)45-21-24-12-5-2-6-13-24/h1-17,20,28-29,31-32,40H,18-19,21-22H2,(H,38,44)(H,37,41,43)/t28-,29+,31?,32+,49?/m0/s1. The summed E-state index contributed by atoms with van der Waals surface area (Å²) < 4.78 is 52.9. The first-order valence-electron chi connectivity index (χ1n) is 15.5. The average Bonchev–Trinajstić information content (AvgIpc) is 3.48. The number of H-pyrrole nitrogens is 1. The predicted molar refractivity (Wildman–Crippen MR) is 177 cm³/mol. The number of benzene rings is 4. The van der Waals surface area contributed by atoms with E-state index in [1.54, 1.807) is 60.7 Å². The lowest BCUT2D eigenvalue weighted by atomic mass is 10.1. The van der Waals surface area contributed by atoms with Crippen LogP contribution in [0, 0.1) is 5.82 Å². The molecule has 14 heteroatoms. The number of hydrogen-bond acceptors (Lipinski definition) is 9. The molecule has 5 aromatic rings. The molecule has 49 heavy (non-hydrogen) atoms. The lowest BCUT2D eigenvalue weighted by Gasteiger charge is -2.26. The first-order valence-corrected chi connectivity index (χ1v) is 17.0. The van der Waals surface area contributed by atoms with Gasteiger partial charge in [-0.05, 0) is 29.0 Å². The third kappa shape index (κ3) is 8.40. The lowest BCUT2D eigenvalue weighted by Crippen LogP contribution is -2.40. The first-order chi connectivity index (χ1) is 23.7. The number of nitrogens with zero attached hydrogens (tertiary/aromatic N) is 1. The minimum atomic E-state index is -4.50. The number of aliphatic hydroxyl groups excluding tert-OH is 1. The summed E-state index contributed by atoms with van der Waals surface area (Å²) in [5.74, 6) is -1.72. The molecule has 0 saturated carbocycles. The van der Waals surface area contributed by atoms with Crippen molar-refractivity contribution >= 4 is 24.5 Å². The smallest absolute Gasteiger partial charge is 0.459 e. The minimum Gasteiger partial charge on any atom is -0.460 e. The van der Waals surface area contributed by atoms with Crippen molar-refractivity contribution in [2.75, 3.05) is 6.61 Å². The number of aromatic amines is 1. The van der Waals surface area contributed by atoms with Crippen LogP contribution in [0.25, 0.3) is 10.8 Å². The van der Waals surface area contributed by atoms with Gasteiger partial charge in [-0.25, -0.2) is 9.36 Å². The number of ether oxygens (including phenoxy) is 2. The molecule has 0 aliphatic carbocycles. The number of esters is 1. The zero-order valence-electron chi connectivity index (χ0n) is 26.0. The molecule has 2 unspecified atom stereocenters. The number of rotatable bonds is 13. The molecule has 0 amide bonds. The summed E-state index contributed by atoms with van der Waals surface area (Å²) in [5.41, 5.74) is -0.632. The Morgan fingerprint density at radius 1 is 0.980 bits per heavy atom. The highest BCUT2D eigenvalue weighted by Gasteiger charge is 2.40. The van der Waals surface area contributed by atoms with Crippen LogP contribution in [0.3, 0.4) is 0 Å². The molecule has 1 saturated heterocycles. The number of aromatic nitrogens is 2. The molecule has 254 valence electrons. The fourth-order valence-electron chi connectivity index (χ4n) is 5.43. The molecule has 1 aliphatic rings. The van der Waals surface area contributed by atoms with E-state index in [0.29, 0.717) is 11.6 Å². The van der Waals surface area contributed by atoms with Gasteiger partial charge in [0.1, 0.15) is 30.7 Å². The molecule has 0 spiro atoms. The number of fused-ring (bicyclic) bond motifs is 1. The Morgan fingerprint density at radius 2 is 1.65 bits per heavy atom. The second-order valence-electron chi connectivity index (χ2n) is 11.4.